The highest BCUT2D eigenvalue weighted by Crippen LogP contribution is 2.28. The number of hydrogen-bond donors (Lipinski definition) is 1. The van der Waals surface area contributed by atoms with E-state index in [4.69, 9.17) is 13.6 Å². The molecule has 1 N–H and O–H groups in total. The van der Waals surface area contributed by atoms with E-state index >= 15 is 0 Å². The van der Waals surface area contributed by atoms with Crippen LogP contribution in [0.25, 0.3) is 11.0 Å². The van der Waals surface area contributed by atoms with Gasteiger partial charge >= 0.3 is 0 Å². The molecule has 0 saturated heterocycles. The molecule has 0 fully saturated rings. The molecule has 0 spiro atoms. The van der Waals surface area contributed by atoms with Gasteiger partial charge in [0.05, 0.1) is 18.8 Å². The molecule has 3 rings (SSSR count). The maximum atomic E-state index is 12.2. The number of carbonyl (C=O) groups is 1. The molecule has 5 nitrogen and oxygen atoms in total. The van der Waals surface area contributed by atoms with Crippen LogP contribution in [0.5, 0.6) is 5.75 Å². The van der Waals surface area contributed by atoms with E-state index in [2.05, 4.69) is 5.32 Å². The lowest BCUT2D eigenvalue weighted by Crippen LogP contribution is -2.25. The lowest BCUT2D eigenvalue weighted by Gasteiger charge is -2.07. The van der Waals surface area contributed by atoms with Crippen LogP contribution in [0.2, 0.25) is 0 Å². The Balaban J connectivity index is 1.69. The lowest BCUT2D eigenvalue weighted by molar-refractivity contribution is 0.0953. The number of benzene rings is 1. The molecule has 0 aliphatic rings. The average molecular weight is 299 g/mol. The van der Waals surface area contributed by atoms with Gasteiger partial charge in [0.2, 0.25) is 0 Å². The molecule has 1 amide bonds. The number of amides is 1. The Morgan fingerprint density at radius 1 is 1.27 bits per heavy atom. The van der Waals surface area contributed by atoms with Crippen molar-refractivity contribution in [1.29, 1.82) is 0 Å². The van der Waals surface area contributed by atoms with E-state index in [1.807, 2.05) is 25.1 Å². The second-order valence-electron chi connectivity index (χ2n) is 5.03. The first-order valence-corrected chi connectivity index (χ1v) is 7.06. The maximum Gasteiger partial charge on any atom is 0.251 e. The highest BCUT2D eigenvalue weighted by molar-refractivity contribution is 5.99. The Bertz CT molecular complexity index is 800. The molecule has 2 heterocycles. The van der Waals surface area contributed by atoms with Crippen molar-refractivity contribution in [2.75, 3.05) is 13.7 Å². The number of carbonyl (C=O) groups excluding carboxylic acids is 1. The van der Waals surface area contributed by atoms with Crippen LogP contribution in [0.4, 0.5) is 0 Å². The van der Waals surface area contributed by atoms with Gasteiger partial charge in [-0.2, -0.15) is 0 Å². The molecular weight excluding hydrogens is 282 g/mol. The molecular formula is C17H17NO4. The zero-order chi connectivity index (χ0) is 15.5. The normalized spacial score (nSPS) is 10.8. The molecule has 22 heavy (non-hydrogen) atoms. The van der Waals surface area contributed by atoms with Crippen molar-refractivity contribution >= 4 is 16.9 Å². The Morgan fingerprint density at radius 2 is 2.14 bits per heavy atom. The number of fused-ring (bicyclic) bond motifs is 1. The number of methoxy groups -OCH3 is 1. The highest BCUT2D eigenvalue weighted by Gasteiger charge is 2.12. The van der Waals surface area contributed by atoms with Crippen LogP contribution in [-0.2, 0) is 6.42 Å². The third-order valence-electron chi connectivity index (χ3n) is 3.47. The third kappa shape index (κ3) is 2.83. The summed E-state index contributed by atoms with van der Waals surface area (Å²) in [5.74, 6) is 2.18. The molecule has 5 heteroatoms. The minimum atomic E-state index is -0.167. The van der Waals surface area contributed by atoms with Crippen molar-refractivity contribution in [1.82, 2.24) is 5.32 Å². The van der Waals surface area contributed by atoms with Crippen molar-refractivity contribution in [2.45, 2.75) is 13.3 Å². The van der Waals surface area contributed by atoms with E-state index in [-0.39, 0.29) is 5.91 Å². The number of furan rings is 2. The van der Waals surface area contributed by atoms with E-state index in [9.17, 15) is 4.79 Å². The van der Waals surface area contributed by atoms with Crippen molar-refractivity contribution in [3.8, 4) is 5.75 Å². The summed E-state index contributed by atoms with van der Waals surface area (Å²) in [6.07, 6.45) is 2.23. The smallest absolute Gasteiger partial charge is 0.251 e. The first-order chi connectivity index (χ1) is 10.7. The number of hydrogen-bond acceptors (Lipinski definition) is 4. The van der Waals surface area contributed by atoms with Crippen LogP contribution < -0.4 is 10.1 Å². The number of nitrogens with one attached hydrogen (secondary N) is 1. The zero-order valence-electron chi connectivity index (χ0n) is 12.5. The average Bonchev–Trinajstić information content (AvgIpc) is 3.14. The van der Waals surface area contributed by atoms with E-state index in [1.54, 1.807) is 25.5 Å². The summed E-state index contributed by atoms with van der Waals surface area (Å²) in [6.45, 7) is 2.40. The molecule has 1 aromatic carbocycles. The van der Waals surface area contributed by atoms with Crippen LogP contribution >= 0.6 is 0 Å². The third-order valence-corrected chi connectivity index (χ3v) is 3.47. The summed E-state index contributed by atoms with van der Waals surface area (Å²) in [5, 5.41) is 3.72. The van der Waals surface area contributed by atoms with E-state index in [0.717, 1.165) is 16.9 Å². The van der Waals surface area contributed by atoms with Crippen molar-refractivity contribution in [3.63, 3.8) is 0 Å². The quantitative estimate of drug-likeness (QED) is 0.785. The van der Waals surface area contributed by atoms with Crippen LogP contribution in [-0.4, -0.2) is 19.6 Å². The van der Waals surface area contributed by atoms with Gasteiger partial charge in [0.25, 0.3) is 5.91 Å². The van der Waals surface area contributed by atoms with E-state index in [1.165, 1.54) is 0 Å². The largest absolute Gasteiger partial charge is 0.496 e. The molecule has 0 bridgehead atoms. The minimum Gasteiger partial charge on any atom is -0.496 e. The van der Waals surface area contributed by atoms with Crippen molar-refractivity contribution in [3.05, 3.63) is 53.7 Å². The maximum absolute atomic E-state index is 12.2. The van der Waals surface area contributed by atoms with E-state index < -0.39 is 0 Å². The van der Waals surface area contributed by atoms with Gasteiger partial charge in [-0.05, 0) is 37.3 Å². The first kappa shape index (κ1) is 14.3. The second-order valence-corrected chi connectivity index (χ2v) is 5.03. The fourth-order valence-electron chi connectivity index (χ4n) is 2.36. The van der Waals surface area contributed by atoms with Gasteiger partial charge in [0.15, 0.2) is 0 Å². The molecule has 0 unspecified atom stereocenters. The number of rotatable bonds is 5. The van der Waals surface area contributed by atoms with Crippen molar-refractivity contribution in [2.24, 2.45) is 0 Å². The van der Waals surface area contributed by atoms with Gasteiger partial charge in [-0.25, -0.2) is 0 Å². The fourth-order valence-corrected chi connectivity index (χ4v) is 2.36. The molecule has 0 radical (unpaired) electrons. The van der Waals surface area contributed by atoms with Crippen molar-refractivity contribution < 1.29 is 18.4 Å². The topological polar surface area (TPSA) is 64.6 Å². The Kier molecular flexibility index (Phi) is 3.87. The van der Waals surface area contributed by atoms with Gasteiger partial charge in [0.1, 0.15) is 22.9 Å². The summed E-state index contributed by atoms with van der Waals surface area (Å²) >= 11 is 0. The Labute approximate surface area is 127 Å². The van der Waals surface area contributed by atoms with Crippen LogP contribution in [0.15, 0.2) is 45.4 Å². The standard InChI is InChI=1S/C17H17NO4/c1-11-3-4-13(22-11)5-7-18-17(19)12-9-15(20-2)14-6-8-21-16(14)10-12/h3-4,6,8-10H,5,7H2,1-2H3,(H,18,19). The summed E-state index contributed by atoms with van der Waals surface area (Å²) < 4.78 is 16.1. The molecule has 0 saturated carbocycles. The summed E-state index contributed by atoms with van der Waals surface area (Å²) in [4.78, 5) is 12.2. The summed E-state index contributed by atoms with van der Waals surface area (Å²) in [5.41, 5.74) is 1.14. The summed E-state index contributed by atoms with van der Waals surface area (Å²) in [7, 11) is 1.57. The molecule has 3 aromatic rings. The second kappa shape index (κ2) is 5.97. The Morgan fingerprint density at radius 3 is 2.86 bits per heavy atom. The molecule has 0 atom stereocenters. The van der Waals surface area contributed by atoms with Gasteiger partial charge in [-0.15, -0.1) is 0 Å². The number of ether oxygens (including phenoxy) is 1. The molecule has 0 aliphatic carbocycles. The predicted molar refractivity (Wildman–Crippen MR) is 82.2 cm³/mol. The first-order valence-electron chi connectivity index (χ1n) is 7.06. The minimum absolute atomic E-state index is 0.167. The number of aryl methyl sites for hydroxylation is 1. The van der Waals surface area contributed by atoms with Gasteiger partial charge in [0, 0.05) is 18.5 Å². The van der Waals surface area contributed by atoms with Crippen LogP contribution in [0, 0.1) is 6.92 Å². The Hall–Kier alpha value is -2.69. The highest BCUT2D eigenvalue weighted by atomic mass is 16.5. The predicted octanol–water partition coefficient (Wildman–Crippen LogP) is 3.32. The lowest BCUT2D eigenvalue weighted by atomic mass is 10.1. The molecule has 0 aliphatic heterocycles. The monoisotopic (exact) mass is 299 g/mol. The van der Waals surface area contributed by atoms with Gasteiger partial charge < -0.3 is 18.9 Å². The summed E-state index contributed by atoms with van der Waals surface area (Å²) in [6, 6.07) is 9.07. The molecule has 2 aromatic heterocycles. The SMILES string of the molecule is COc1cc(C(=O)NCCc2ccc(C)o2)cc2occc12. The zero-order valence-corrected chi connectivity index (χ0v) is 12.5. The van der Waals surface area contributed by atoms with E-state index in [0.29, 0.717) is 29.9 Å². The van der Waals surface area contributed by atoms with Crippen LogP contribution in [0.3, 0.4) is 0 Å². The van der Waals surface area contributed by atoms with Gasteiger partial charge in [-0.1, -0.05) is 0 Å². The van der Waals surface area contributed by atoms with Gasteiger partial charge in [-0.3, -0.25) is 4.79 Å². The fraction of sp³-hybridized carbons (Fsp3) is 0.235. The molecule has 114 valence electrons. The van der Waals surface area contributed by atoms with Crippen LogP contribution in [0.1, 0.15) is 21.9 Å².